The average molecular weight is 303 g/mol. The summed E-state index contributed by atoms with van der Waals surface area (Å²) in [6.07, 6.45) is -3.16. The number of nitrogens with one attached hydrogen (secondary N) is 1. The van der Waals surface area contributed by atoms with Gasteiger partial charge in [0.05, 0.1) is 6.61 Å². The number of benzene rings is 1. The number of ether oxygens (including phenoxy) is 1. The smallest absolute Gasteiger partial charge is 0.389 e. The van der Waals surface area contributed by atoms with Gasteiger partial charge in [-0.15, -0.1) is 0 Å². The van der Waals surface area contributed by atoms with Crippen LogP contribution in [0, 0.1) is 0 Å². The summed E-state index contributed by atoms with van der Waals surface area (Å²) in [7, 11) is 0. The van der Waals surface area contributed by atoms with E-state index in [1.165, 1.54) is 0 Å². The Hall–Kier alpha value is -1.23. The minimum atomic E-state index is -4.13. The van der Waals surface area contributed by atoms with Crippen molar-refractivity contribution in [2.75, 3.05) is 13.2 Å². The highest BCUT2D eigenvalue weighted by Crippen LogP contribution is 2.32. The zero-order chi connectivity index (χ0) is 15.7. The van der Waals surface area contributed by atoms with Crippen molar-refractivity contribution in [2.24, 2.45) is 0 Å². The molecule has 0 aliphatic carbocycles. The molecule has 1 unspecified atom stereocenters. The molecule has 0 radical (unpaired) electrons. The molecule has 120 valence electrons. The van der Waals surface area contributed by atoms with Crippen LogP contribution in [-0.2, 0) is 0 Å². The van der Waals surface area contributed by atoms with E-state index >= 15 is 0 Å². The lowest BCUT2D eigenvalue weighted by Crippen LogP contribution is -2.24. The van der Waals surface area contributed by atoms with Gasteiger partial charge in [-0.1, -0.05) is 32.0 Å². The summed E-state index contributed by atoms with van der Waals surface area (Å²) in [5.74, 6) is 0.676. The van der Waals surface area contributed by atoms with Crippen molar-refractivity contribution < 1.29 is 17.9 Å². The van der Waals surface area contributed by atoms with Crippen molar-refractivity contribution in [1.82, 2.24) is 5.32 Å². The van der Waals surface area contributed by atoms with E-state index in [-0.39, 0.29) is 12.5 Å². The van der Waals surface area contributed by atoms with E-state index in [1.807, 2.05) is 38.1 Å². The van der Waals surface area contributed by atoms with Gasteiger partial charge in [0.2, 0.25) is 0 Å². The van der Waals surface area contributed by atoms with Crippen LogP contribution in [-0.4, -0.2) is 19.3 Å². The Morgan fingerprint density at radius 3 is 2.48 bits per heavy atom. The van der Waals surface area contributed by atoms with E-state index in [9.17, 15) is 13.2 Å². The summed E-state index contributed by atoms with van der Waals surface area (Å²) in [4.78, 5) is 0. The summed E-state index contributed by atoms with van der Waals surface area (Å²) >= 11 is 0. The van der Waals surface area contributed by atoms with E-state index in [1.54, 1.807) is 0 Å². The number of para-hydroxylation sites is 1. The van der Waals surface area contributed by atoms with Crippen LogP contribution in [0.1, 0.15) is 51.1 Å². The van der Waals surface area contributed by atoms with Crippen LogP contribution in [0.25, 0.3) is 0 Å². The van der Waals surface area contributed by atoms with Gasteiger partial charge in [-0.05, 0) is 31.9 Å². The average Bonchev–Trinajstić information content (AvgIpc) is 2.45. The van der Waals surface area contributed by atoms with E-state index in [2.05, 4.69) is 5.32 Å². The molecule has 21 heavy (non-hydrogen) atoms. The Balaban J connectivity index is 2.85. The third-order valence-electron chi connectivity index (χ3n) is 3.11. The highest BCUT2D eigenvalue weighted by Gasteiger charge is 2.29. The molecular formula is C16H24F3NO. The highest BCUT2D eigenvalue weighted by molar-refractivity contribution is 5.36. The van der Waals surface area contributed by atoms with Crippen molar-refractivity contribution in [3.63, 3.8) is 0 Å². The molecule has 0 spiro atoms. The lowest BCUT2D eigenvalue weighted by atomic mass is 10.0. The van der Waals surface area contributed by atoms with Crippen LogP contribution in [0.4, 0.5) is 13.2 Å². The maximum Gasteiger partial charge on any atom is 0.389 e. The molecule has 0 aromatic heterocycles. The van der Waals surface area contributed by atoms with Gasteiger partial charge in [-0.3, -0.25) is 0 Å². The highest BCUT2D eigenvalue weighted by atomic mass is 19.4. The second-order valence-corrected chi connectivity index (χ2v) is 5.05. The first kappa shape index (κ1) is 17.8. The summed E-state index contributed by atoms with van der Waals surface area (Å²) in [6, 6.07) is 7.01. The number of halogens is 3. The molecule has 0 amide bonds. The zero-order valence-corrected chi connectivity index (χ0v) is 12.7. The number of hydrogen-bond acceptors (Lipinski definition) is 2. The Kier molecular flexibility index (Phi) is 7.57. The normalized spacial score (nSPS) is 13.2. The van der Waals surface area contributed by atoms with Gasteiger partial charge in [0.15, 0.2) is 0 Å². The van der Waals surface area contributed by atoms with Crippen molar-refractivity contribution in [3.8, 4) is 5.75 Å². The molecule has 0 saturated heterocycles. The molecular weight excluding hydrogens is 279 g/mol. The molecule has 1 aromatic carbocycles. The third-order valence-corrected chi connectivity index (χ3v) is 3.11. The predicted molar refractivity (Wildman–Crippen MR) is 78.6 cm³/mol. The van der Waals surface area contributed by atoms with Crippen molar-refractivity contribution >= 4 is 0 Å². The number of hydrogen-bond donors (Lipinski definition) is 1. The molecule has 0 bridgehead atoms. The molecule has 0 saturated carbocycles. The lowest BCUT2D eigenvalue weighted by molar-refractivity contribution is -0.136. The quantitative estimate of drug-likeness (QED) is 0.703. The van der Waals surface area contributed by atoms with Crippen LogP contribution < -0.4 is 10.1 Å². The lowest BCUT2D eigenvalue weighted by Gasteiger charge is -2.22. The molecule has 0 heterocycles. The monoisotopic (exact) mass is 303 g/mol. The van der Waals surface area contributed by atoms with E-state index < -0.39 is 12.6 Å². The van der Waals surface area contributed by atoms with Gasteiger partial charge in [0.25, 0.3) is 0 Å². The topological polar surface area (TPSA) is 21.3 Å². The maximum absolute atomic E-state index is 12.5. The first-order chi connectivity index (χ1) is 9.98. The molecule has 1 N–H and O–H groups in total. The molecule has 1 rings (SSSR count). The van der Waals surface area contributed by atoms with Gasteiger partial charge in [0, 0.05) is 18.0 Å². The van der Waals surface area contributed by atoms with E-state index in [0.29, 0.717) is 18.9 Å². The Labute approximate surface area is 124 Å². The summed E-state index contributed by atoms with van der Waals surface area (Å²) < 4.78 is 43.2. The molecule has 0 fully saturated rings. The predicted octanol–water partition coefficient (Wildman–Crippen LogP) is 4.86. The maximum atomic E-state index is 12.5. The van der Waals surface area contributed by atoms with Crippen molar-refractivity contribution in [1.29, 1.82) is 0 Å². The van der Waals surface area contributed by atoms with Crippen molar-refractivity contribution in [2.45, 2.75) is 51.7 Å². The number of rotatable bonds is 9. The molecule has 1 aromatic rings. The summed E-state index contributed by atoms with van der Waals surface area (Å²) in [6.45, 7) is 5.24. The fourth-order valence-electron chi connectivity index (χ4n) is 2.11. The Bertz CT molecular complexity index is 407. The fraction of sp³-hybridized carbons (Fsp3) is 0.625. The van der Waals surface area contributed by atoms with Crippen LogP contribution in [0.5, 0.6) is 5.75 Å². The minimum absolute atomic E-state index is 0.0238. The molecule has 5 heteroatoms. The van der Waals surface area contributed by atoms with E-state index in [0.717, 1.165) is 18.4 Å². The SMILES string of the molecule is CCCNC(CCC(F)(F)F)c1ccccc1OCCC. The van der Waals surface area contributed by atoms with Gasteiger partial charge in [-0.2, -0.15) is 13.2 Å². The minimum Gasteiger partial charge on any atom is -0.493 e. The van der Waals surface area contributed by atoms with Crippen LogP contribution in [0.2, 0.25) is 0 Å². The van der Waals surface area contributed by atoms with Gasteiger partial charge in [0.1, 0.15) is 5.75 Å². The Morgan fingerprint density at radius 2 is 1.86 bits per heavy atom. The van der Waals surface area contributed by atoms with Crippen LogP contribution in [0.15, 0.2) is 24.3 Å². The van der Waals surface area contributed by atoms with Gasteiger partial charge in [-0.25, -0.2) is 0 Å². The molecule has 0 aliphatic heterocycles. The third kappa shape index (κ3) is 6.85. The van der Waals surface area contributed by atoms with Crippen LogP contribution in [0.3, 0.4) is 0 Å². The second kappa shape index (κ2) is 8.93. The fourth-order valence-corrected chi connectivity index (χ4v) is 2.11. The second-order valence-electron chi connectivity index (χ2n) is 5.05. The molecule has 0 aliphatic rings. The van der Waals surface area contributed by atoms with Crippen LogP contribution >= 0.6 is 0 Å². The van der Waals surface area contributed by atoms with Crippen molar-refractivity contribution in [3.05, 3.63) is 29.8 Å². The first-order valence-corrected chi connectivity index (χ1v) is 7.49. The molecule has 1 atom stereocenters. The largest absolute Gasteiger partial charge is 0.493 e. The number of alkyl halides is 3. The van der Waals surface area contributed by atoms with Gasteiger partial charge >= 0.3 is 6.18 Å². The standard InChI is InChI=1S/C16H24F3NO/c1-3-11-20-14(9-10-16(17,18)19)13-7-5-6-8-15(13)21-12-4-2/h5-8,14,20H,3-4,9-12H2,1-2H3. The molecule has 2 nitrogen and oxygen atoms in total. The Morgan fingerprint density at radius 1 is 1.14 bits per heavy atom. The van der Waals surface area contributed by atoms with E-state index in [4.69, 9.17) is 4.74 Å². The zero-order valence-electron chi connectivity index (χ0n) is 12.7. The first-order valence-electron chi connectivity index (χ1n) is 7.49. The summed E-state index contributed by atoms with van der Waals surface area (Å²) in [5.41, 5.74) is 0.809. The van der Waals surface area contributed by atoms with Gasteiger partial charge < -0.3 is 10.1 Å². The summed E-state index contributed by atoms with van der Waals surface area (Å²) in [5, 5.41) is 3.20.